The van der Waals surface area contributed by atoms with E-state index in [1.807, 2.05) is 54.6 Å². The van der Waals surface area contributed by atoms with Crippen molar-refractivity contribution in [3.63, 3.8) is 0 Å². The highest BCUT2D eigenvalue weighted by molar-refractivity contribution is 5.81. The molecule has 0 amide bonds. The number of rotatable bonds is 7. The first-order chi connectivity index (χ1) is 12.7. The van der Waals surface area contributed by atoms with Gasteiger partial charge >= 0.3 is 0 Å². The summed E-state index contributed by atoms with van der Waals surface area (Å²) in [5.41, 5.74) is 4.01. The predicted molar refractivity (Wildman–Crippen MR) is 104 cm³/mol. The van der Waals surface area contributed by atoms with Crippen LogP contribution in [0.5, 0.6) is 17.2 Å². The van der Waals surface area contributed by atoms with E-state index >= 15 is 0 Å². The third kappa shape index (κ3) is 3.97. The molecule has 0 aliphatic rings. The zero-order valence-electron chi connectivity index (χ0n) is 15.4. The van der Waals surface area contributed by atoms with E-state index in [1.165, 1.54) is 0 Å². The minimum absolute atomic E-state index is 0.672. The van der Waals surface area contributed by atoms with Crippen LogP contribution < -0.4 is 14.2 Å². The molecule has 1 heterocycles. The molecular formula is C22H23NO3. The normalized spacial score (nSPS) is 10.4. The SMILES string of the molecule is CCCOc1cnc(-c2ccc(OC)cc2)c(-c2ccc(OC)cc2)c1. The zero-order chi connectivity index (χ0) is 18.4. The van der Waals surface area contributed by atoms with Crippen LogP contribution in [0.15, 0.2) is 60.8 Å². The van der Waals surface area contributed by atoms with Gasteiger partial charge in [-0.3, -0.25) is 4.98 Å². The Balaban J connectivity index is 2.06. The average molecular weight is 349 g/mol. The van der Waals surface area contributed by atoms with Crippen molar-refractivity contribution < 1.29 is 14.2 Å². The number of nitrogens with zero attached hydrogens (tertiary/aromatic N) is 1. The lowest BCUT2D eigenvalue weighted by Crippen LogP contribution is -1.98. The van der Waals surface area contributed by atoms with Gasteiger partial charge in [0.2, 0.25) is 0 Å². The van der Waals surface area contributed by atoms with Gasteiger partial charge < -0.3 is 14.2 Å². The van der Waals surface area contributed by atoms with Gasteiger partial charge in [0.05, 0.1) is 32.7 Å². The highest BCUT2D eigenvalue weighted by atomic mass is 16.5. The molecule has 4 nitrogen and oxygen atoms in total. The first kappa shape index (κ1) is 17.8. The molecule has 0 spiro atoms. The number of hydrogen-bond donors (Lipinski definition) is 0. The van der Waals surface area contributed by atoms with Crippen LogP contribution in [-0.2, 0) is 0 Å². The van der Waals surface area contributed by atoms with Gasteiger partial charge in [0.15, 0.2) is 0 Å². The van der Waals surface area contributed by atoms with Crippen LogP contribution in [0.4, 0.5) is 0 Å². The molecule has 3 rings (SSSR count). The molecule has 3 aromatic rings. The van der Waals surface area contributed by atoms with Gasteiger partial charge in [-0.15, -0.1) is 0 Å². The second-order valence-electron chi connectivity index (χ2n) is 5.87. The fourth-order valence-electron chi connectivity index (χ4n) is 2.71. The molecule has 0 atom stereocenters. The molecule has 0 N–H and O–H groups in total. The Labute approximate surface area is 154 Å². The van der Waals surface area contributed by atoms with Gasteiger partial charge in [-0.25, -0.2) is 0 Å². The molecular weight excluding hydrogens is 326 g/mol. The molecule has 0 aliphatic carbocycles. The summed E-state index contributed by atoms with van der Waals surface area (Å²) in [6, 6.07) is 17.9. The van der Waals surface area contributed by atoms with E-state index in [0.717, 1.165) is 46.1 Å². The highest BCUT2D eigenvalue weighted by Gasteiger charge is 2.12. The Bertz CT molecular complexity index is 842. The molecule has 0 aliphatic heterocycles. The standard InChI is InChI=1S/C22H23NO3/c1-4-13-26-20-14-21(16-5-9-18(24-2)10-6-16)22(23-15-20)17-7-11-19(25-3)12-8-17/h5-12,14-15H,4,13H2,1-3H3. The van der Waals surface area contributed by atoms with E-state index in [4.69, 9.17) is 14.2 Å². The third-order valence-electron chi connectivity index (χ3n) is 4.10. The van der Waals surface area contributed by atoms with Gasteiger partial charge in [0.25, 0.3) is 0 Å². The first-order valence-corrected chi connectivity index (χ1v) is 8.67. The average Bonchev–Trinajstić information content (AvgIpc) is 2.72. The Morgan fingerprint density at radius 3 is 1.88 bits per heavy atom. The summed E-state index contributed by atoms with van der Waals surface area (Å²) in [5.74, 6) is 2.42. The summed E-state index contributed by atoms with van der Waals surface area (Å²) in [6.45, 7) is 2.76. The van der Waals surface area contributed by atoms with Crippen molar-refractivity contribution in [3.8, 4) is 39.6 Å². The van der Waals surface area contributed by atoms with Crippen molar-refractivity contribution in [2.24, 2.45) is 0 Å². The van der Waals surface area contributed by atoms with E-state index in [0.29, 0.717) is 6.61 Å². The number of ether oxygens (including phenoxy) is 3. The van der Waals surface area contributed by atoms with Crippen molar-refractivity contribution in [2.75, 3.05) is 20.8 Å². The summed E-state index contributed by atoms with van der Waals surface area (Å²) in [4.78, 5) is 4.68. The third-order valence-corrected chi connectivity index (χ3v) is 4.10. The van der Waals surface area contributed by atoms with E-state index < -0.39 is 0 Å². The summed E-state index contributed by atoms with van der Waals surface area (Å²) in [6.07, 6.45) is 2.74. The smallest absolute Gasteiger partial charge is 0.138 e. The molecule has 0 radical (unpaired) electrons. The number of hydrogen-bond acceptors (Lipinski definition) is 4. The topological polar surface area (TPSA) is 40.6 Å². The van der Waals surface area contributed by atoms with Crippen LogP contribution in [0.2, 0.25) is 0 Å². The number of methoxy groups -OCH3 is 2. The molecule has 0 saturated carbocycles. The fraction of sp³-hybridized carbons (Fsp3) is 0.227. The highest BCUT2D eigenvalue weighted by Crippen LogP contribution is 2.34. The van der Waals surface area contributed by atoms with Gasteiger partial charge in [-0.1, -0.05) is 19.1 Å². The van der Waals surface area contributed by atoms with E-state index in [9.17, 15) is 0 Å². The van der Waals surface area contributed by atoms with Crippen molar-refractivity contribution >= 4 is 0 Å². The van der Waals surface area contributed by atoms with Crippen LogP contribution in [0.25, 0.3) is 22.4 Å². The Morgan fingerprint density at radius 2 is 1.35 bits per heavy atom. The Morgan fingerprint density at radius 1 is 0.769 bits per heavy atom. The lowest BCUT2D eigenvalue weighted by molar-refractivity contribution is 0.316. The molecule has 4 heteroatoms. The molecule has 2 aromatic carbocycles. The first-order valence-electron chi connectivity index (χ1n) is 8.67. The number of pyridine rings is 1. The van der Waals surface area contributed by atoms with Crippen molar-refractivity contribution in [3.05, 3.63) is 60.8 Å². The summed E-state index contributed by atoms with van der Waals surface area (Å²) in [7, 11) is 3.33. The van der Waals surface area contributed by atoms with Crippen LogP contribution in [0.1, 0.15) is 13.3 Å². The molecule has 26 heavy (non-hydrogen) atoms. The second-order valence-corrected chi connectivity index (χ2v) is 5.87. The quantitative estimate of drug-likeness (QED) is 0.586. The Kier molecular flexibility index (Phi) is 5.74. The van der Waals surface area contributed by atoms with Crippen molar-refractivity contribution in [1.82, 2.24) is 4.98 Å². The number of benzene rings is 2. The van der Waals surface area contributed by atoms with E-state index in [2.05, 4.69) is 11.9 Å². The zero-order valence-corrected chi connectivity index (χ0v) is 15.4. The van der Waals surface area contributed by atoms with Crippen LogP contribution >= 0.6 is 0 Å². The minimum Gasteiger partial charge on any atom is -0.497 e. The lowest BCUT2D eigenvalue weighted by atomic mass is 9.99. The minimum atomic E-state index is 0.672. The van der Waals surface area contributed by atoms with Crippen molar-refractivity contribution in [2.45, 2.75) is 13.3 Å². The predicted octanol–water partition coefficient (Wildman–Crippen LogP) is 5.22. The van der Waals surface area contributed by atoms with Crippen molar-refractivity contribution in [1.29, 1.82) is 0 Å². The fourth-order valence-corrected chi connectivity index (χ4v) is 2.71. The van der Waals surface area contributed by atoms with Gasteiger partial charge in [0.1, 0.15) is 17.2 Å². The maximum Gasteiger partial charge on any atom is 0.138 e. The van der Waals surface area contributed by atoms with Crippen LogP contribution in [0, 0.1) is 0 Å². The summed E-state index contributed by atoms with van der Waals surface area (Å²) in [5, 5.41) is 0. The summed E-state index contributed by atoms with van der Waals surface area (Å²) < 4.78 is 16.3. The monoisotopic (exact) mass is 349 g/mol. The van der Waals surface area contributed by atoms with Gasteiger partial charge in [-0.2, -0.15) is 0 Å². The molecule has 1 aromatic heterocycles. The van der Waals surface area contributed by atoms with Crippen LogP contribution in [0.3, 0.4) is 0 Å². The summed E-state index contributed by atoms with van der Waals surface area (Å²) >= 11 is 0. The molecule has 0 fully saturated rings. The second kappa shape index (κ2) is 8.39. The van der Waals surface area contributed by atoms with E-state index in [1.54, 1.807) is 20.4 Å². The Hall–Kier alpha value is -3.01. The molecule has 0 saturated heterocycles. The van der Waals surface area contributed by atoms with Crippen LogP contribution in [-0.4, -0.2) is 25.8 Å². The maximum absolute atomic E-state index is 5.78. The molecule has 134 valence electrons. The number of aromatic nitrogens is 1. The van der Waals surface area contributed by atoms with Gasteiger partial charge in [-0.05, 0) is 54.4 Å². The molecule has 0 unspecified atom stereocenters. The maximum atomic E-state index is 5.78. The largest absolute Gasteiger partial charge is 0.497 e. The lowest BCUT2D eigenvalue weighted by Gasteiger charge is -2.13. The van der Waals surface area contributed by atoms with E-state index in [-0.39, 0.29) is 0 Å². The van der Waals surface area contributed by atoms with Gasteiger partial charge in [0, 0.05) is 11.1 Å². The molecule has 0 bridgehead atoms.